The minimum absolute atomic E-state index is 0.114. The lowest BCUT2D eigenvalue weighted by Crippen LogP contribution is -2.32. The van der Waals surface area contributed by atoms with Gasteiger partial charge in [-0.25, -0.2) is 12.8 Å². The molecular formula is C21H27FN2O5S. The van der Waals surface area contributed by atoms with E-state index in [0.717, 1.165) is 16.1 Å². The molecule has 1 N–H and O–H groups in total. The minimum Gasteiger partial charge on any atom is -0.493 e. The SMILES string of the molecule is COc1ccc(C(C)NC(=O)CCCN(c2ccc(F)cc2)S(C)(=O)=O)cc1OC. The Hall–Kier alpha value is -2.81. The summed E-state index contributed by atoms with van der Waals surface area (Å²) in [6, 6.07) is 10.3. The van der Waals surface area contributed by atoms with Crippen molar-refractivity contribution in [1.82, 2.24) is 5.32 Å². The smallest absolute Gasteiger partial charge is 0.232 e. The third kappa shape index (κ3) is 6.35. The fraction of sp³-hybridized carbons (Fsp3) is 0.381. The third-order valence-corrected chi connectivity index (χ3v) is 5.76. The molecule has 0 bridgehead atoms. The summed E-state index contributed by atoms with van der Waals surface area (Å²) in [5.41, 5.74) is 1.21. The Kier molecular flexibility index (Phi) is 8.05. The number of hydrogen-bond donors (Lipinski definition) is 1. The zero-order valence-corrected chi connectivity index (χ0v) is 18.3. The predicted octanol–water partition coefficient (Wildman–Crippen LogP) is 3.27. The Bertz CT molecular complexity index is 964. The number of carbonyl (C=O) groups excluding carboxylic acids is 1. The van der Waals surface area contributed by atoms with Crippen LogP contribution in [-0.2, 0) is 14.8 Å². The van der Waals surface area contributed by atoms with Gasteiger partial charge >= 0.3 is 0 Å². The standard InChI is InChI=1S/C21H27FN2O5S/c1-15(16-7-12-19(28-2)20(14-16)29-3)23-21(25)6-5-13-24(30(4,26)27)18-10-8-17(22)9-11-18/h7-12,14-15H,5-6,13H2,1-4H3,(H,23,25). The van der Waals surface area contributed by atoms with Gasteiger partial charge in [-0.2, -0.15) is 0 Å². The van der Waals surface area contributed by atoms with E-state index in [1.807, 2.05) is 13.0 Å². The maximum Gasteiger partial charge on any atom is 0.232 e. The number of anilines is 1. The molecule has 0 spiro atoms. The highest BCUT2D eigenvalue weighted by Gasteiger charge is 2.18. The number of benzene rings is 2. The lowest BCUT2D eigenvalue weighted by molar-refractivity contribution is -0.121. The minimum atomic E-state index is -3.56. The van der Waals surface area contributed by atoms with E-state index in [0.29, 0.717) is 23.6 Å². The number of nitrogens with one attached hydrogen (secondary N) is 1. The molecule has 0 aliphatic rings. The number of nitrogens with zero attached hydrogens (tertiary/aromatic N) is 1. The van der Waals surface area contributed by atoms with Crippen LogP contribution in [0.4, 0.5) is 10.1 Å². The van der Waals surface area contributed by atoms with Crippen LogP contribution in [0.25, 0.3) is 0 Å². The van der Waals surface area contributed by atoms with Crippen molar-refractivity contribution in [2.24, 2.45) is 0 Å². The van der Waals surface area contributed by atoms with E-state index < -0.39 is 15.8 Å². The molecule has 0 saturated heterocycles. The number of ether oxygens (including phenoxy) is 2. The van der Waals surface area contributed by atoms with E-state index in [1.165, 1.54) is 24.3 Å². The second-order valence-corrected chi connectivity index (χ2v) is 8.73. The molecule has 30 heavy (non-hydrogen) atoms. The molecule has 0 aromatic heterocycles. The van der Waals surface area contributed by atoms with Crippen molar-refractivity contribution < 1.29 is 27.1 Å². The van der Waals surface area contributed by atoms with Crippen LogP contribution < -0.4 is 19.1 Å². The zero-order valence-electron chi connectivity index (χ0n) is 17.5. The van der Waals surface area contributed by atoms with Gasteiger partial charge in [0, 0.05) is 13.0 Å². The summed E-state index contributed by atoms with van der Waals surface area (Å²) in [4.78, 5) is 12.3. The summed E-state index contributed by atoms with van der Waals surface area (Å²) < 4.78 is 48.9. The fourth-order valence-corrected chi connectivity index (χ4v) is 3.96. The number of halogens is 1. The molecular weight excluding hydrogens is 411 g/mol. The highest BCUT2D eigenvalue weighted by atomic mass is 32.2. The second kappa shape index (κ2) is 10.3. The van der Waals surface area contributed by atoms with E-state index in [9.17, 15) is 17.6 Å². The summed E-state index contributed by atoms with van der Waals surface area (Å²) in [6.45, 7) is 1.96. The van der Waals surface area contributed by atoms with E-state index >= 15 is 0 Å². The Morgan fingerprint density at radius 3 is 2.30 bits per heavy atom. The highest BCUT2D eigenvalue weighted by molar-refractivity contribution is 7.92. The van der Waals surface area contributed by atoms with E-state index in [-0.39, 0.29) is 24.9 Å². The molecule has 2 aromatic rings. The number of rotatable bonds is 10. The van der Waals surface area contributed by atoms with Crippen LogP contribution in [0.15, 0.2) is 42.5 Å². The molecule has 0 heterocycles. The van der Waals surface area contributed by atoms with Gasteiger partial charge in [-0.05, 0) is 55.3 Å². The maximum absolute atomic E-state index is 13.1. The molecule has 0 fully saturated rings. The largest absolute Gasteiger partial charge is 0.493 e. The van der Waals surface area contributed by atoms with Crippen molar-refractivity contribution in [2.45, 2.75) is 25.8 Å². The quantitative estimate of drug-likeness (QED) is 0.615. The van der Waals surface area contributed by atoms with Gasteiger partial charge in [0.2, 0.25) is 15.9 Å². The van der Waals surface area contributed by atoms with Crippen LogP contribution >= 0.6 is 0 Å². The van der Waals surface area contributed by atoms with Crippen LogP contribution in [0.5, 0.6) is 11.5 Å². The molecule has 2 aromatic carbocycles. The summed E-state index contributed by atoms with van der Waals surface area (Å²) in [7, 11) is -0.464. The van der Waals surface area contributed by atoms with Crippen LogP contribution in [0.3, 0.4) is 0 Å². The van der Waals surface area contributed by atoms with Crippen molar-refractivity contribution in [1.29, 1.82) is 0 Å². The Labute approximate surface area is 176 Å². The average molecular weight is 439 g/mol. The first kappa shape index (κ1) is 23.5. The zero-order chi connectivity index (χ0) is 22.3. The molecule has 0 saturated carbocycles. The molecule has 0 aliphatic heterocycles. The fourth-order valence-electron chi connectivity index (χ4n) is 3.00. The molecule has 2 rings (SSSR count). The van der Waals surface area contributed by atoms with Crippen molar-refractivity contribution in [3.63, 3.8) is 0 Å². The van der Waals surface area contributed by atoms with Crippen LogP contribution in [0.1, 0.15) is 31.4 Å². The summed E-state index contributed by atoms with van der Waals surface area (Å²) in [5.74, 6) is 0.515. The molecule has 0 radical (unpaired) electrons. The molecule has 164 valence electrons. The van der Waals surface area contributed by atoms with Gasteiger partial charge in [-0.3, -0.25) is 9.10 Å². The van der Waals surface area contributed by atoms with Gasteiger partial charge in [-0.15, -0.1) is 0 Å². The first-order valence-corrected chi connectivity index (χ1v) is 11.2. The molecule has 1 unspecified atom stereocenters. The number of sulfonamides is 1. The number of carbonyl (C=O) groups is 1. The van der Waals surface area contributed by atoms with Crippen molar-refractivity contribution >= 4 is 21.6 Å². The summed E-state index contributed by atoms with van der Waals surface area (Å²) >= 11 is 0. The van der Waals surface area contributed by atoms with Gasteiger partial charge < -0.3 is 14.8 Å². The first-order valence-electron chi connectivity index (χ1n) is 9.40. The van der Waals surface area contributed by atoms with Gasteiger partial charge in [0.25, 0.3) is 0 Å². The molecule has 9 heteroatoms. The molecule has 1 amide bonds. The van der Waals surface area contributed by atoms with Crippen molar-refractivity contribution in [3.05, 3.63) is 53.8 Å². The van der Waals surface area contributed by atoms with Gasteiger partial charge in [-0.1, -0.05) is 6.07 Å². The lowest BCUT2D eigenvalue weighted by atomic mass is 10.1. The van der Waals surface area contributed by atoms with Gasteiger partial charge in [0.15, 0.2) is 11.5 Å². The predicted molar refractivity (Wildman–Crippen MR) is 114 cm³/mol. The van der Waals surface area contributed by atoms with E-state index in [2.05, 4.69) is 5.32 Å². The average Bonchev–Trinajstić information content (AvgIpc) is 2.70. The lowest BCUT2D eigenvalue weighted by Gasteiger charge is -2.22. The van der Waals surface area contributed by atoms with E-state index in [1.54, 1.807) is 26.4 Å². The van der Waals surface area contributed by atoms with Crippen molar-refractivity contribution in [3.8, 4) is 11.5 Å². The van der Waals surface area contributed by atoms with Crippen molar-refractivity contribution in [2.75, 3.05) is 31.3 Å². The number of amides is 1. The summed E-state index contributed by atoms with van der Waals surface area (Å²) in [5, 5.41) is 2.89. The molecule has 0 aliphatic carbocycles. The van der Waals surface area contributed by atoms with Crippen LogP contribution in [0.2, 0.25) is 0 Å². The second-order valence-electron chi connectivity index (χ2n) is 6.82. The molecule has 1 atom stereocenters. The van der Waals surface area contributed by atoms with Gasteiger partial charge in [0.05, 0.1) is 32.2 Å². The van der Waals surface area contributed by atoms with E-state index in [4.69, 9.17) is 9.47 Å². The number of methoxy groups -OCH3 is 2. The maximum atomic E-state index is 13.1. The Morgan fingerprint density at radius 2 is 1.73 bits per heavy atom. The monoisotopic (exact) mass is 438 g/mol. The topological polar surface area (TPSA) is 84.9 Å². The highest BCUT2D eigenvalue weighted by Crippen LogP contribution is 2.30. The Morgan fingerprint density at radius 1 is 1.10 bits per heavy atom. The van der Waals surface area contributed by atoms with Crippen LogP contribution in [0, 0.1) is 5.82 Å². The molecule has 7 nitrogen and oxygen atoms in total. The normalized spacial score (nSPS) is 12.2. The number of hydrogen-bond acceptors (Lipinski definition) is 5. The van der Waals surface area contributed by atoms with Gasteiger partial charge in [0.1, 0.15) is 5.82 Å². The Balaban J connectivity index is 1.95. The van der Waals surface area contributed by atoms with Crippen LogP contribution in [-0.4, -0.2) is 41.3 Å². The first-order chi connectivity index (χ1) is 14.2. The summed E-state index contributed by atoms with van der Waals surface area (Å²) in [6.07, 6.45) is 1.54. The third-order valence-electron chi connectivity index (χ3n) is 4.57.